The lowest BCUT2D eigenvalue weighted by Gasteiger charge is -2.24. The Balaban J connectivity index is 2.48. The maximum atomic E-state index is 12.0. The minimum atomic E-state index is -0.665. The van der Waals surface area contributed by atoms with Crippen LogP contribution in [-0.4, -0.2) is 52.6 Å². The summed E-state index contributed by atoms with van der Waals surface area (Å²) in [6, 6.07) is -0.665. The van der Waals surface area contributed by atoms with Crippen LogP contribution in [0.3, 0.4) is 0 Å². The standard InChI is InChI=1S/C12H23N3O3/c1-12(2,3)14-5-4-10(17)15-7-8(16)6-9(15)11(13)18/h8-9,14,16H,4-7H2,1-3H3,(H2,13,18). The van der Waals surface area contributed by atoms with Gasteiger partial charge in [-0.1, -0.05) is 0 Å². The third-order valence-electron chi connectivity index (χ3n) is 2.92. The van der Waals surface area contributed by atoms with Gasteiger partial charge in [0.25, 0.3) is 0 Å². The second kappa shape index (κ2) is 5.67. The fourth-order valence-electron chi connectivity index (χ4n) is 2.05. The Hall–Kier alpha value is -1.14. The second-order valence-corrected chi connectivity index (χ2v) is 5.78. The monoisotopic (exact) mass is 257 g/mol. The molecule has 18 heavy (non-hydrogen) atoms. The van der Waals surface area contributed by atoms with Crippen molar-refractivity contribution in [2.24, 2.45) is 5.73 Å². The molecule has 104 valence electrons. The van der Waals surface area contributed by atoms with Gasteiger partial charge in [0.15, 0.2) is 0 Å². The molecular weight excluding hydrogens is 234 g/mol. The molecule has 6 heteroatoms. The molecule has 0 aliphatic carbocycles. The predicted octanol–water partition coefficient (Wildman–Crippen LogP) is -0.788. The van der Waals surface area contributed by atoms with E-state index in [4.69, 9.17) is 5.73 Å². The molecule has 1 aliphatic heterocycles. The SMILES string of the molecule is CC(C)(C)NCCC(=O)N1CC(O)CC1C(N)=O. The number of nitrogens with two attached hydrogens (primary N) is 1. The summed E-state index contributed by atoms with van der Waals surface area (Å²) in [5.74, 6) is -0.698. The van der Waals surface area contributed by atoms with Crippen molar-refractivity contribution >= 4 is 11.8 Å². The van der Waals surface area contributed by atoms with Gasteiger partial charge in [0.05, 0.1) is 6.10 Å². The molecule has 1 fully saturated rings. The van der Waals surface area contributed by atoms with Gasteiger partial charge in [-0.2, -0.15) is 0 Å². The molecule has 0 aromatic heterocycles. The van der Waals surface area contributed by atoms with Crippen LogP contribution in [0.25, 0.3) is 0 Å². The molecule has 1 saturated heterocycles. The molecule has 2 unspecified atom stereocenters. The van der Waals surface area contributed by atoms with Gasteiger partial charge in [0, 0.05) is 31.5 Å². The lowest BCUT2D eigenvalue weighted by atomic mass is 10.1. The highest BCUT2D eigenvalue weighted by Gasteiger charge is 2.37. The number of aliphatic hydroxyl groups is 1. The van der Waals surface area contributed by atoms with Crippen molar-refractivity contribution in [1.82, 2.24) is 10.2 Å². The molecule has 0 spiro atoms. The third-order valence-corrected chi connectivity index (χ3v) is 2.92. The van der Waals surface area contributed by atoms with Crippen molar-refractivity contribution in [1.29, 1.82) is 0 Å². The van der Waals surface area contributed by atoms with Crippen LogP contribution in [0.1, 0.15) is 33.6 Å². The van der Waals surface area contributed by atoms with Gasteiger partial charge in [-0.05, 0) is 20.8 Å². The van der Waals surface area contributed by atoms with Crippen molar-refractivity contribution in [2.45, 2.75) is 51.3 Å². The average molecular weight is 257 g/mol. The van der Waals surface area contributed by atoms with Crippen molar-refractivity contribution in [3.8, 4) is 0 Å². The number of hydrogen-bond acceptors (Lipinski definition) is 4. The Labute approximate surface area is 108 Å². The zero-order valence-corrected chi connectivity index (χ0v) is 11.3. The number of amides is 2. The smallest absolute Gasteiger partial charge is 0.240 e. The highest BCUT2D eigenvalue weighted by atomic mass is 16.3. The third kappa shape index (κ3) is 4.27. The molecule has 0 saturated carbocycles. The summed E-state index contributed by atoms with van der Waals surface area (Å²) in [5.41, 5.74) is 5.18. The van der Waals surface area contributed by atoms with Gasteiger partial charge >= 0.3 is 0 Å². The Kier molecular flexibility index (Phi) is 4.70. The van der Waals surface area contributed by atoms with Crippen LogP contribution in [0.2, 0.25) is 0 Å². The lowest BCUT2D eigenvalue weighted by molar-refractivity contribution is -0.137. The molecule has 2 atom stereocenters. The van der Waals surface area contributed by atoms with Crippen LogP contribution in [0, 0.1) is 0 Å². The van der Waals surface area contributed by atoms with E-state index < -0.39 is 18.1 Å². The van der Waals surface area contributed by atoms with E-state index in [9.17, 15) is 14.7 Å². The highest BCUT2D eigenvalue weighted by Crippen LogP contribution is 2.18. The Morgan fingerprint density at radius 3 is 2.56 bits per heavy atom. The van der Waals surface area contributed by atoms with Crippen LogP contribution in [0.5, 0.6) is 0 Å². The molecule has 1 aliphatic rings. The maximum Gasteiger partial charge on any atom is 0.240 e. The van der Waals surface area contributed by atoms with E-state index in [1.165, 1.54) is 4.90 Å². The summed E-state index contributed by atoms with van der Waals surface area (Å²) in [6.45, 7) is 6.79. The molecular formula is C12H23N3O3. The van der Waals surface area contributed by atoms with Gasteiger partial charge in [-0.25, -0.2) is 0 Å². The van der Waals surface area contributed by atoms with E-state index in [0.717, 1.165) is 0 Å². The van der Waals surface area contributed by atoms with Crippen LogP contribution in [0.15, 0.2) is 0 Å². The fraction of sp³-hybridized carbons (Fsp3) is 0.833. The number of carbonyl (C=O) groups excluding carboxylic acids is 2. The number of aliphatic hydroxyl groups excluding tert-OH is 1. The normalized spacial score (nSPS) is 24.3. The Morgan fingerprint density at radius 1 is 1.44 bits per heavy atom. The topological polar surface area (TPSA) is 95.7 Å². The van der Waals surface area contributed by atoms with Crippen molar-refractivity contribution in [3.05, 3.63) is 0 Å². The number of primary amides is 1. The van der Waals surface area contributed by atoms with Crippen LogP contribution in [-0.2, 0) is 9.59 Å². The fourth-order valence-corrected chi connectivity index (χ4v) is 2.05. The maximum absolute atomic E-state index is 12.0. The number of nitrogens with one attached hydrogen (secondary N) is 1. The summed E-state index contributed by atoms with van der Waals surface area (Å²) in [5, 5.41) is 12.7. The molecule has 0 aromatic carbocycles. The van der Waals surface area contributed by atoms with Crippen molar-refractivity contribution in [2.75, 3.05) is 13.1 Å². The summed E-state index contributed by atoms with van der Waals surface area (Å²) >= 11 is 0. The zero-order chi connectivity index (χ0) is 13.9. The van der Waals surface area contributed by atoms with Crippen molar-refractivity contribution < 1.29 is 14.7 Å². The molecule has 1 rings (SSSR count). The van der Waals surface area contributed by atoms with Gasteiger partial charge in [0.2, 0.25) is 11.8 Å². The first kappa shape index (κ1) is 14.9. The van der Waals surface area contributed by atoms with Crippen LogP contribution in [0.4, 0.5) is 0 Å². The quantitative estimate of drug-likeness (QED) is 0.615. The number of rotatable bonds is 4. The van der Waals surface area contributed by atoms with Gasteiger partial charge in [-0.3, -0.25) is 9.59 Å². The van der Waals surface area contributed by atoms with Gasteiger partial charge in [-0.15, -0.1) is 0 Å². The minimum Gasteiger partial charge on any atom is -0.391 e. The Morgan fingerprint density at radius 2 is 2.06 bits per heavy atom. The molecule has 2 amide bonds. The number of nitrogens with zero attached hydrogens (tertiary/aromatic N) is 1. The van der Waals surface area contributed by atoms with E-state index >= 15 is 0 Å². The highest BCUT2D eigenvalue weighted by molar-refractivity contribution is 5.87. The number of β-amino-alcohol motifs (C(OH)–C–C–N with tert-alkyl or cyclic N) is 1. The molecule has 4 N–H and O–H groups in total. The minimum absolute atomic E-state index is 0.0477. The zero-order valence-electron chi connectivity index (χ0n) is 11.3. The molecule has 0 radical (unpaired) electrons. The first-order valence-electron chi connectivity index (χ1n) is 6.22. The predicted molar refractivity (Wildman–Crippen MR) is 67.7 cm³/mol. The summed E-state index contributed by atoms with van der Waals surface area (Å²) < 4.78 is 0. The van der Waals surface area contributed by atoms with Crippen molar-refractivity contribution in [3.63, 3.8) is 0 Å². The number of likely N-dealkylation sites (tertiary alicyclic amines) is 1. The first-order valence-corrected chi connectivity index (χ1v) is 6.22. The molecule has 1 heterocycles. The van der Waals surface area contributed by atoms with Crippen LogP contribution >= 0.6 is 0 Å². The number of hydrogen-bond donors (Lipinski definition) is 3. The molecule has 0 aromatic rings. The average Bonchev–Trinajstić information content (AvgIpc) is 2.58. The summed E-state index contributed by atoms with van der Waals surface area (Å²) in [6.07, 6.45) is -0.108. The number of carbonyl (C=O) groups is 2. The van der Waals surface area contributed by atoms with Gasteiger partial charge < -0.3 is 21.1 Å². The van der Waals surface area contributed by atoms with E-state index in [1.807, 2.05) is 20.8 Å². The van der Waals surface area contributed by atoms with E-state index in [2.05, 4.69) is 5.32 Å². The molecule has 0 bridgehead atoms. The van der Waals surface area contributed by atoms with Crippen LogP contribution < -0.4 is 11.1 Å². The van der Waals surface area contributed by atoms with E-state index in [-0.39, 0.29) is 24.4 Å². The largest absolute Gasteiger partial charge is 0.391 e. The van der Waals surface area contributed by atoms with Gasteiger partial charge in [0.1, 0.15) is 6.04 Å². The second-order valence-electron chi connectivity index (χ2n) is 5.78. The summed E-state index contributed by atoms with van der Waals surface area (Å²) in [7, 11) is 0. The van der Waals surface area contributed by atoms with E-state index in [0.29, 0.717) is 13.0 Å². The lowest BCUT2D eigenvalue weighted by Crippen LogP contribution is -2.45. The Bertz CT molecular complexity index is 325. The summed E-state index contributed by atoms with van der Waals surface area (Å²) in [4.78, 5) is 24.5. The first-order chi connectivity index (χ1) is 8.20. The molecule has 6 nitrogen and oxygen atoms in total. The van der Waals surface area contributed by atoms with E-state index in [1.54, 1.807) is 0 Å².